The fourth-order valence-corrected chi connectivity index (χ4v) is 3.95. The number of hydrogen-bond donors (Lipinski definition) is 3. The van der Waals surface area contributed by atoms with Crippen LogP contribution in [0.3, 0.4) is 0 Å². The zero-order valence-corrected chi connectivity index (χ0v) is 22.1. The largest absolute Gasteiger partial charge is 0.472 e. The topological polar surface area (TPSA) is 105 Å². The van der Waals surface area contributed by atoms with E-state index in [0.29, 0.717) is 23.9 Å². The van der Waals surface area contributed by atoms with Crippen molar-refractivity contribution in [1.82, 2.24) is 5.32 Å². The number of carbonyl (C=O) groups excluding carboxylic acids is 1. The van der Waals surface area contributed by atoms with Gasteiger partial charge in [0.05, 0.1) is 39.9 Å². The number of hydrogen-bond acceptors (Lipinski definition) is 5. The van der Waals surface area contributed by atoms with Crippen molar-refractivity contribution in [3.63, 3.8) is 0 Å². The molecule has 0 saturated heterocycles. The highest BCUT2D eigenvalue weighted by molar-refractivity contribution is 7.47. The first-order valence-electron chi connectivity index (χ1n) is 12.4. The highest BCUT2D eigenvalue weighted by Crippen LogP contribution is 2.43. The zero-order chi connectivity index (χ0) is 24.5. The number of phosphoric ester groups is 1. The number of phosphoric acid groups is 1. The molecule has 32 heavy (non-hydrogen) atoms. The minimum atomic E-state index is -4.26. The Labute approximate surface area is 196 Å². The van der Waals surface area contributed by atoms with Crippen LogP contribution in [0.1, 0.15) is 90.9 Å². The van der Waals surface area contributed by atoms with E-state index in [1.807, 2.05) is 21.1 Å². The molecule has 0 radical (unpaired) electrons. The monoisotopic (exact) mass is 481 g/mol. The van der Waals surface area contributed by atoms with Gasteiger partial charge >= 0.3 is 7.82 Å². The summed E-state index contributed by atoms with van der Waals surface area (Å²) < 4.78 is 23.0. The molecule has 0 aliphatic rings. The Morgan fingerprint density at radius 3 is 2.06 bits per heavy atom. The summed E-state index contributed by atoms with van der Waals surface area (Å²) in [5.74, 6) is -0.168. The molecule has 0 aliphatic heterocycles. The van der Waals surface area contributed by atoms with Gasteiger partial charge in [-0.25, -0.2) is 4.57 Å². The Morgan fingerprint density at radius 2 is 1.50 bits per heavy atom. The van der Waals surface area contributed by atoms with Crippen molar-refractivity contribution in [3.05, 3.63) is 0 Å². The van der Waals surface area contributed by atoms with E-state index in [-0.39, 0.29) is 19.1 Å². The van der Waals surface area contributed by atoms with Gasteiger partial charge in [-0.15, -0.1) is 0 Å². The number of amides is 1. The lowest BCUT2D eigenvalue weighted by molar-refractivity contribution is -0.870. The molecule has 0 rings (SSSR count). The first-order valence-corrected chi connectivity index (χ1v) is 13.9. The lowest BCUT2D eigenvalue weighted by Crippen LogP contribution is -2.46. The minimum Gasteiger partial charge on any atom is -0.391 e. The van der Waals surface area contributed by atoms with Gasteiger partial charge in [-0.05, 0) is 12.8 Å². The molecule has 0 saturated carbocycles. The van der Waals surface area contributed by atoms with Crippen LogP contribution in [0.5, 0.6) is 0 Å². The number of rotatable bonds is 21. The van der Waals surface area contributed by atoms with Gasteiger partial charge in [0.25, 0.3) is 0 Å². The van der Waals surface area contributed by atoms with Crippen LogP contribution in [0.15, 0.2) is 0 Å². The van der Waals surface area contributed by atoms with Crippen LogP contribution in [-0.2, 0) is 18.4 Å². The Kier molecular flexibility index (Phi) is 17.6. The quantitative estimate of drug-likeness (QED) is 0.128. The van der Waals surface area contributed by atoms with Crippen LogP contribution in [-0.4, -0.2) is 73.4 Å². The van der Waals surface area contributed by atoms with Crippen LogP contribution in [0.25, 0.3) is 0 Å². The third-order valence-electron chi connectivity index (χ3n) is 5.36. The molecular formula is C23H50N2O6P+. The minimum absolute atomic E-state index is 0.0754. The second kappa shape index (κ2) is 17.9. The number of nitrogens with zero attached hydrogens (tertiary/aromatic N) is 1. The van der Waals surface area contributed by atoms with E-state index in [1.54, 1.807) is 0 Å². The fourth-order valence-electron chi connectivity index (χ4n) is 3.22. The van der Waals surface area contributed by atoms with Crippen molar-refractivity contribution in [2.45, 2.75) is 103 Å². The molecule has 8 nitrogen and oxygen atoms in total. The van der Waals surface area contributed by atoms with E-state index < -0.39 is 20.0 Å². The van der Waals surface area contributed by atoms with Gasteiger partial charge in [-0.1, -0.05) is 71.6 Å². The Balaban J connectivity index is 4.68. The fraction of sp³-hybridized carbons (Fsp3) is 0.957. The van der Waals surface area contributed by atoms with Crippen molar-refractivity contribution in [1.29, 1.82) is 0 Å². The molecule has 0 spiro atoms. The first-order chi connectivity index (χ1) is 15.0. The van der Waals surface area contributed by atoms with E-state index >= 15 is 0 Å². The second-order valence-electron chi connectivity index (χ2n) is 9.72. The lowest BCUT2D eigenvalue weighted by atomic mass is 10.0. The van der Waals surface area contributed by atoms with Crippen LogP contribution >= 0.6 is 7.82 Å². The van der Waals surface area contributed by atoms with Gasteiger partial charge in [0.2, 0.25) is 5.91 Å². The summed E-state index contributed by atoms with van der Waals surface area (Å²) in [5.41, 5.74) is 0. The predicted octanol–water partition coefficient (Wildman–Crippen LogP) is 4.39. The molecule has 0 fully saturated rings. The molecule has 0 bridgehead atoms. The van der Waals surface area contributed by atoms with Crippen LogP contribution in [0, 0.1) is 0 Å². The molecule has 9 heteroatoms. The van der Waals surface area contributed by atoms with Crippen molar-refractivity contribution in [2.75, 3.05) is 40.9 Å². The van der Waals surface area contributed by atoms with Crippen LogP contribution < -0.4 is 5.32 Å². The number of aliphatic hydroxyl groups excluding tert-OH is 1. The van der Waals surface area contributed by atoms with Gasteiger partial charge in [0.15, 0.2) is 0 Å². The van der Waals surface area contributed by atoms with E-state index in [0.717, 1.165) is 64.2 Å². The molecule has 192 valence electrons. The summed E-state index contributed by atoms with van der Waals surface area (Å²) >= 11 is 0. The van der Waals surface area contributed by atoms with Gasteiger partial charge < -0.3 is 19.8 Å². The highest BCUT2D eigenvalue weighted by atomic mass is 31.2. The van der Waals surface area contributed by atoms with E-state index in [1.165, 1.54) is 0 Å². The number of carbonyl (C=O) groups is 1. The highest BCUT2D eigenvalue weighted by Gasteiger charge is 2.28. The summed E-state index contributed by atoms with van der Waals surface area (Å²) in [7, 11) is 1.60. The molecule has 0 aliphatic carbocycles. The maximum Gasteiger partial charge on any atom is 0.472 e. The maximum atomic E-state index is 12.4. The number of aliphatic hydroxyl groups is 1. The van der Waals surface area contributed by atoms with E-state index in [9.17, 15) is 19.4 Å². The predicted molar refractivity (Wildman–Crippen MR) is 129 cm³/mol. The summed E-state index contributed by atoms with van der Waals surface area (Å²) in [6.45, 7) is 4.65. The average molecular weight is 482 g/mol. The van der Waals surface area contributed by atoms with Crippen LogP contribution in [0.4, 0.5) is 0 Å². The van der Waals surface area contributed by atoms with Crippen LogP contribution in [0.2, 0.25) is 0 Å². The molecule has 3 unspecified atom stereocenters. The molecule has 3 N–H and O–H groups in total. The molecule has 1 amide bonds. The Morgan fingerprint density at radius 1 is 0.938 bits per heavy atom. The van der Waals surface area contributed by atoms with Crippen molar-refractivity contribution in [2.24, 2.45) is 0 Å². The number of unbranched alkanes of at least 4 members (excludes halogenated alkanes) is 8. The smallest absolute Gasteiger partial charge is 0.391 e. The SMILES string of the molecule is CCCCCCCC(=O)NC(COP(=O)(O)OCC[N+](C)(C)C)C(O)CCCCCCC. The van der Waals surface area contributed by atoms with Crippen molar-refractivity contribution < 1.29 is 32.9 Å². The summed E-state index contributed by atoms with van der Waals surface area (Å²) in [6.07, 6.45) is 10.5. The number of quaternary nitrogens is 1. The van der Waals surface area contributed by atoms with Crippen molar-refractivity contribution >= 4 is 13.7 Å². The standard InChI is InChI=1S/C23H49N2O6P/c1-6-8-10-12-14-16-22(26)21(24-23(27)17-15-13-11-9-7-2)20-31-32(28,29)30-19-18-25(3,4)5/h21-22,26H,6-20H2,1-5H3,(H-,24,27,28,29)/p+1. The average Bonchev–Trinajstić information content (AvgIpc) is 2.69. The maximum absolute atomic E-state index is 12.4. The zero-order valence-electron chi connectivity index (χ0n) is 21.2. The van der Waals surface area contributed by atoms with Gasteiger partial charge in [0, 0.05) is 6.42 Å². The molecule has 0 aromatic carbocycles. The third kappa shape index (κ3) is 19.0. The van der Waals surface area contributed by atoms with E-state index in [4.69, 9.17) is 9.05 Å². The lowest BCUT2D eigenvalue weighted by Gasteiger charge is -2.26. The van der Waals surface area contributed by atoms with Gasteiger partial charge in [0.1, 0.15) is 13.2 Å². The second-order valence-corrected chi connectivity index (χ2v) is 11.2. The number of nitrogens with one attached hydrogen (secondary N) is 1. The molecule has 0 aromatic heterocycles. The Hall–Kier alpha value is -0.500. The normalized spacial score (nSPS) is 15.8. The molecule has 0 heterocycles. The van der Waals surface area contributed by atoms with Gasteiger partial charge in [-0.3, -0.25) is 13.8 Å². The molecular weight excluding hydrogens is 431 g/mol. The first kappa shape index (κ1) is 31.5. The summed E-state index contributed by atoms with van der Waals surface area (Å²) in [5, 5.41) is 13.4. The number of likely N-dealkylation sites (N-methyl/N-ethyl adjacent to an activating group) is 1. The van der Waals surface area contributed by atoms with Gasteiger partial charge in [-0.2, -0.15) is 0 Å². The van der Waals surface area contributed by atoms with Crippen molar-refractivity contribution in [3.8, 4) is 0 Å². The summed E-state index contributed by atoms with van der Waals surface area (Å²) in [4.78, 5) is 22.4. The molecule has 3 atom stereocenters. The Bertz CT molecular complexity index is 527. The molecule has 0 aromatic rings. The summed E-state index contributed by atoms with van der Waals surface area (Å²) in [6, 6.07) is -0.744. The third-order valence-corrected chi connectivity index (χ3v) is 6.34. The van der Waals surface area contributed by atoms with E-state index in [2.05, 4.69) is 19.2 Å².